The van der Waals surface area contributed by atoms with Gasteiger partial charge in [-0.2, -0.15) is 0 Å². The molecule has 2 N–H and O–H groups in total. The van der Waals surface area contributed by atoms with Gasteiger partial charge in [-0.05, 0) is 19.9 Å². The number of benzene rings is 1. The number of aliphatic hydroxyl groups is 1. The molecule has 0 aliphatic heterocycles. The third kappa shape index (κ3) is 3.46. The Balaban J connectivity index is 2.98. The first-order valence-electron chi connectivity index (χ1n) is 5.78. The number of carbonyl (C=O) groups excluding carboxylic acids is 1. The molecule has 0 saturated heterocycles. The molecule has 0 radical (unpaired) electrons. The number of aryl methyl sites for hydroxylation is 1. The standard InChI is InChI=1S/C13H20N2O2/c1-4-15(8-13(17)14-3)12-6-5-10(2)7-11(12)9-16/h5-7,16H,4,8-9H2,1-3H3,(H,14,17). The summed E-state index contributed by atoms with van der Waals surface area (Å²) in [5, 5.41) is 12.0. The van der Waals surface area contributed by atoms with Gasteiger partial charge in [0.25, 0.3) is 0 Å². The Morgan fingerprint density at radius 3 is 2.71 bits per heavy atom. The summed E-state index contributed by atoms with van der Waals surface area (Å²) in [5.41, 5.74) is 2.88. The van der Waals surface area contributed by atoms with Crippen LogP contribution in [0.3, 0.4) is 0 Å². The SMILES string of the molecule is CCN(CC(=O)NC)c1ccc(C)cc1CO. The predicted octanol–water partition coefficient (Wildman–Crippen LogP) is 1.06. The minimum Gasteiger partial charge on any atom is -0.392 e. The van der Waals surface area contributed by atoms with E-state index in [4.69, 9.17) is 0 Å². The second-order valence-electron chi connectivity index (χ2n) is 3.98. The lowest BCUT2D eigenvalue weighted by Gasteiger charge is -2.24. The summed E-state index contributed by atoms with van der Waals surface area (Å²) in [7, 11) is 1.62. The van der Waals surface area contributed by atoms with Crippen molar-refractivity contribution in [3.05, 3.63) is 29.3 Å². The molecule has 0 aromatic heterocycles. The van der Waals surface area contributed by atoms with Crippen molar-refractivity contribution in [2.45, 2.75) is 20.5 Å². The molecule has 0 fully saturated rings. The number of anilines is 1. The highest BCUT2D eigenvalue weighted by Crippen LogP contribution is 2.21. The van der Waals surface area contributed by atoms with Crippen molar-refractivity contribution in [1.82, 2.24) is 5.32 Å². The molecular formula is C13H20N2O2. The van der Waals surface area contributed by atoms with E-state index < -0.39 is 0 Å². The van der Waals surface area contributed by atoms with Crippen LogP contribution < -0.4 is 10.2 Å². The second-order valence-corrected chi connectivity index (χ2v) is 3.98. The van der Waals surface area contributed by atoms with Crippen molar-refractivity contribution in [3.63, 3.8) is 0 Å². The molecule has 0 atom stereocenters. The van der Waals surface area contributed by atoms with Gasteiger partial charge in [-0.1, -0.05) is 17.7 Å². The topological polar surface area (TPSA) is 52.6 Å². The maximum absolute atomic E-state index is 11.4. The Morgan fingerprint density at radius 1 is 1.47 bits per heavy atom. The Bertz CT molecular complexity index is 391. The molecule has 0 aliphatic rings. The largest absolute Gasteiger partial charge is 0.392 e. The normalized spacial score (nSPS) is 10.1. The number of rotatable bonds is 5. The number of hydrogen-bond acceptors (Lipinski definition) is 3. The van der Waals surface area contributed by atoms with Crippen LogP contribution in [-0.4, -0.2) is 31.2 Å². The van der Waals surface area contributed by atoms with Gasteiger partial charge in [0.2, 0.25) is 5.91 Å². The van der Waals surface area contributed by atoms with E-state index in [0.29, 0.717) is 6.54 Å². The molecule has 0 spiro atoms. The predicted molar refractivity (Wildman–Crippen MR) is 69.1 cm³/mol. The third-order valence-electron chi connectivity index (χ3n) is 2.74. The van der Waals surface area contributed by atoms with Crippen LogP contribution in [0.15, 0.2) is 18.2 Å². The number of hydrogen-bond donors (Lipinski definition) is 2. The molecule has 1 aromatic carbocycles. The fraction of sp³-hybridized carbons (Fsp3) is 0.462. The summed E-state index contributed by atoms with van der Waals surface area (Å²) >= 11 is 0. The molecule has 17 heavy (non-hydrogen) atoms. The van der Waals surface area contributed by atoms with E-state index in [1.54, 1.807) is 7.05 Å². The zero-order valence-electron chi connectivity index (χ0n) is 10.7. The van der Waals surface area contributed by atoms with E-state index in [-0.39, 0.29) is 12.5 Å². The van der Waals surface area contributed by atoms with E-state index in [1.165, 1.54) is 0 Å². The third-order valence-corrected chi connectivity index (χ3v) is 2.74. The molecule has 0 saturated carbocycles. The highest BCUT2D eigenvalue weighted by molar-refractivity contribution is 5.81. The van der Waals surface area contributed by atoms with Crippen LogP contribution in [0.25, 0.3) is 0 Å². The van der Waals surface area contributed by atoms with E-state index in [9.17, 15) is 9.90 Å². The van der Waals surface area contributed by atoms with Crippen molar-refractivity contribution in [2.24, 2.45) is 0 Å². The lowest BCUT2D eigenvalue weighted by atomic mass is 10.1. The van der Waals surface area contributed by atoms with Gasteiger partial charge in [-0.15, -0.1) is 0 Å². The smallest absolute Gasteiger partial charge is 0.239 e. The zero-order chi connectivity index (χ0) is 12.8. The average Bonchev–Trinajstić information content (AvgIpc) is 2.35. The highest BCUT2D eigenvalue weighted by atomic mass is 16.3. The minimum absolute atomic E-state index is 0.0126. The molecule has 1 rings (SSSR count). The molecule has 4 heteroatoms. The van der Waals surface area contributed by atoms with E-state index in [2.05, 4.69) is 5.32 Å². The zero-order valence-corrected chi connectivity index (χ0v) is 10.7. The van der Waals surface area contributed by atoms with Crippen LogP contribution >= 0.6 is 0 Å². The monoisotopic (exact) mass is 236 g/mol. The number of carbonyl (C=O) groups is 1. The number of likely N-dealkylation sites (N-methyl/N-ethyl adjacent to an activating group) is 2. The van der Waals surface area contributed by atoms with Gasteiger partial charge in [-0.3, -0.25) is 4.79 Å². The lowest BCUT2D eigenvalue weighted by molar-refractivity contribution is -0.119. The first kappa shape index (κ1) is 13.5. The van der Waals surface area contributed by atoms with Crippen molar-refractivity contribution >= 4 is 11.6 Å². The number of amides is 1. The van der Waals surface area contributed by atoms with E-state index in [1.807, 2.05) is 36.9 Å². The summed E-state index contributed by atoms with van der Waals surface area (Å²) in [6, 6.07) is 5.89. The molecule has 0 unspecified atom stereocenters. The number of aliphatic hydroxyl groups excluding tert-OH is 1. The molecule has 4 nitrogen and oxygen atoms in total. The minimum atomic E-state index is -0.0312. The van der Waals surface area contributed by atoms with Crippen LogP contribution in [0.4, 0.5) is 5.69 Å². The summed E-state index contributed by atoms with van der Waals surface area (Å²) in [4.78, 5) is 13.4. The molecular weight excluding hydrogens is 216 g/mol. The molecule has 94 valence electrons. The highest BCUT2D eigenvalue weighted by Gasteiger charge is 2.12. The van der Waals surface area contributed by atoms with Gasteiger partial charge < -0.3 is 15.3 Å². The van der Waals surface area contributed by atoms with Gasteiger partial charge in [0, 0.05) is 24.8 Å². The van der Waals surface area contributed by atoms with Gasteiger partial charge in [-0.25, -0.2) is 0 Å². The van der Waals surface area contributed by atoms with Crippen molar-refractivity contribution in [1.29, 1.82) is 0 Å². The average molecular weight is 236 g/mol. The fourth-order valence-corrected chi connectivity index (χ4v) is 1.77. The van der Waals surface area contributed by atoms with Crippen LogP contribution in [0.2, 0.25) is 0 Å². The Hall–Kier alpha value is -1.55. The van der Waals surface area contributed by atoms with Gasteiger partial charge in [0.05, 0.1) is 13.2 Å². The number of nitrogens with zero attached hydrogens (tertiary/aromatic N) is 1. The summed E-state index contributed by atoms with van der Waals surface area (Å²) in [6.45, 7) is 5.00. The Kier molecular flexibility index (Phi) is 4.97. The molecule has 0 aliphatic carbocycles. The van der Waals surface area contributed by atoms with Gasteiger partial charge in [0.15, 0.2) is 0 Å². The van der Waals surface area contributed by atoms with E-state index >= 15 is 0 Å². The van der Waals surface area contributed by atoms with E-state index in [0.717, 1.165) is 23.4 Å². The Labute approximate surface area is 102 Å². The second kappa shape index (κ2) is 6.25. The molecule has 1 amide bonds. The number of nitrogens with one attached hydrogen (secondary N) is 1. The molecule has 0 bridgehead atoms. The van der Waals surface area contributed by atoms with Crippen molar-refractivity contribution < 1.29 is 9.90 Å². The first-order valence-corrected chi connectivity index (χ1v) is 5.78. The maximum atomic E-state index is 11.4. The fourth-order valence-electron chi connectivity index (χ4n) is 1.77. The molecule has 0 heterocycles. The van der Waals surface area contributed by atoms with Crippen LogP contribution in [0, 0.1) is 6.92 Å². The van der Waals surface area contributed by atoms with Crippen LogP contribution in [0.5, 0.6) is 0 Å². The maximum Gasteiger partial charge on any atom is 0.239 e. The molecule has 1 aromatic rings. The first-order chi connectivity index (χ1) is 8.12. The summed E-state index contributed by atoms with van der Waals surface area (Å²) in [5.74, 6) is -0.0312. The Morgan fingerprint density at radius 2 is 2.18 bits per heavy atom. The van der Waals surface area contributed by atoms with Crippen molar-refractivity contribution in [3.8, 4) is 0 Å². The van der Waals surface area contributed by atoms with Gasteiger partial charge >= 0.3 is 0 Å². The van der Waals surface area contributed by atoms with Gasteiger partial charge in [0.1, 0.15) is 0 Å². The van der Waals surface area contributed by atoms with Crippen molar-refractivity contribution in [2.75, 3.05) is 25.0 Å². The lowest BCUT2D eigenvalue weighted by Crippen LogP contribution is -2.36. The quantitative estimate of drug-likeness (QED) is 0.803. The summed E-state index contributed by atoms with van der Waals surface area (Å²) in [6.07, 6.45) is 0. The van der Waals surface area contributed by atoms with Crippen LogP contribution in [-0.2, 0) is 11.4 Å². The van der Waals surface area contributed by atoms with Crippen LogP contribution in [0.1, 0.15) is 18.1 Å². The summed E-state index contributed by atoms with van der Waals surface area (Å²) < 4.78 is 0.